The molecule has 84 valence electrons. The number of benzene rings is 1. The van der Waals surface area contributed by atoms with E-state index in [1.54, 1.807) is 13.8 Å². The summed E-state index contributed by atoms with van der Waals surface area (Å²) >= 11 is 0. The second kappa shape index (κ2) is 3.89. The summed E-state index contributed by atoms with van der Waals surface area (Å²) in [6.07, 6.45) is -0.154. The van der Waals surface area contributed by atoms with E-state index in [9.17, 15) is 4.79 Å². The van der Waals surface area contributed by atoms with Crippen molar-refractivity contribution in [2.45, 2.75) is 20.0 Å². The average Bonchev–Trinajstić information content (AvgIpc) is 2.56. The zero-order chi connectivity index (χ0) is 11.7. The lowest BCUT2D eigenvalue weighted by atomic mass is 10.2. The molecule has 0 aliphatic rings. The fraction of sp³-hybridized carbons (Fsp3) is 0.250. The summed E-state index contributed by atoms with van der Waals surface area (Å²) in [5.74, 6) is -0.413. The second-order valence-electron chi connectivity index (χ2n) is 3.91. The second-order valence-corrected chi connectivity index (χ2v) is 3.91. The van der Waals surface area contributed by atoms with E-state index >= 15 is 0 Å². The summed E-state index contributed by atoms with van der Waals surface area (Å²) in [7, 11) is 0. The van der Waals surface area contributed by atoms with Crippen molar-refractivity contribution in [1.29, 1.82) is 0 Å². The maximum Gasteiger partial charge on any atom is 0.357 e. The van der Waals surface area contributed by atoms with Gasteiger partial charge in [-0.25, -0.2) is 4.79 Å². The molecule has 3 N–H and O–H groups in total. The predicted molar refractivity (Wildman–Crippen MR) is 63.3 cm³/mol. The van der Waals surface area contributed by atoms with Crippen molar-refractivity contribution < 1.29 is 9.53 Å². The lowest BCUT2D eigenvalue weighted by molar-refractivity contribution is 0.0373. The van der Waals surface area contributed by atoms with Crippen LogP contribution in [0.5, 0.6) is 0 Å². The number of hydrogen-bond acceptors (Lipinski definition) is 3. The standard InChI is InChI=1S/C12H14N2O2/c1-7(2)16-12(15)11-10(13)8-5-3-4-6-9(8)14-11/h3-7,14H,13H2,1-2H3. The number of fused-ring (bicyclic) bond motifs is 1. The van der Waals surface area contributed by atoms with Gasteiger partial charge in [-0.05, 0) is 19.9 Å². The van der Waals surface area contributed by atoms with E-state index in [1.165, 1.54) is 0 Å². The first-order valence-corrected chi connectivity index (χ1v) is 5.16. The van der Waals surface area contributed by atoms with Crippen molar-refractivity contribution in [3.05, 3.63) is 30.0 Å². The quantitative estimate of drug-likeness (QED) is 0.760. The molecule has 2 aromatic rings. The molecule has 0 saturated heterocycles. The number of esters is 1. The Labute approximate surface area is 93.4 Å². The summed E-state index contributed by atoms with van der Waals surface area (Å²) in [6.45, 7) is 3.60. The van der Waals surface area contributed by atoms with Crippen LogP contribution < -0.4 is 5.73 Å². The number of rotatable bonds is 2. The van der Waals surface area contributed by atoms with Crippen LogP contribution in [0.4, 0.5) is 5.69 Å². The molecule has 2 rings (SSSR count). The third-order valence-corrected chi connectivity index (χ3v) is 2.29. The molecule has 0 unspecified atom stereocenters. The van der Waals surface area contributed by atoms with E-state index in [0.717, 1.165) is 10.9 Å². The number of para-hydroxylation sites is 1. The molecule has 0 fully saturated rings. The molecular formula is C12H14N2O2. The highest BCUT2D eigenvalue weighted by Gasteiger charge is 2.17. The fourth-order valence-electron chi connectivity index (χ4n) is 1.60. The van der Waals surface area contributed by atoms with E-state index in [0.29, 0.717) is 11.4 Å². The SMILES string of the molecule is CC(C)OC(=O)c1[nH]c2ccccc2c1N. The topological polar surface area (TPSA) is 68.1 Å². The van der Waals surface area contributed by atoms with Gasteiger partial charge in [0.25, 0.3) is 0 Å². The van der Waals surface area contributed by atoms with Crippen LogP contribution in [0.3, 0.4) is 0 Å². The van der Waals surface area contributed by atoms with Gasteiger partial charge in [-0.1, -0.05) is 18.2 Å². The molecule has 4 heteroatoms. The molecule has 0 bridgehead atoms. The average molecular weight is 218 g/mol. The van der Waals surface area contributed by atoms with Gasteiger partial charge in [0.05, 0.1) is 11.8 Å². The smallest absolute Gasteiger partial charge is 0.357 e. The Kier molecular flexibility index (Phi) is 2.56. The van der Waals surface area contributed by atoms with Crippen LogP contribution in [0, 0.1) is 0 Å². The van der Waals surface area contributed by atoms with Gasteiger partial charge < -0.3 is 15.5 Å². The molecular weight excluding hydrogens is 204 g/mol. The summed E-state index contributed by atoms with van der Waals surface area (Å²) in [5, 5.41) is 0.846. The van der Waals surface area contributed by atoms with Crippen LogP contribution in [0.2, 0.25) is 0 Å². The number of nitrogen functional groups attached to an aromatic ring is 1. The highest BCUT2D eigenvalue weighted by atomic mass is 16.5. The van der Waals surface area contributed by atoms with Crippen LogP contribution in [0.15, 0.2) is 24.3 Å². The summed E-state index contributed by atoms with van der Waals surface area (Å²) in [6, 6.07) is 7.51. The largest absolute Gasteiger partial charge is 0.458 e. The molecule has 0 radical (unpaired) electrons. The molecule has 1 heterocycles. The fourth-order valence-corrected chi connectivity index (χ4v) is 1.60. The van der Waals surface area contributed by atoms with E-state index in [1.807, 2.05) is 24.3 Å². The number of carbonyl (C=O) groups excluding carboxylic acids is 1. The minimum absolute atomic E-state index is 0.154. The minimum Gasteiger partial charge on any atom is -0.458 e. The number of aromatic nitrogens is 1. The lowest BCUT2D eigenvalue weighted by Gasteiger charge is -2.06. The zero-order valence-corrected chi connectivity index (χ0v) is 9.28. The molecule has 0 amide bonds. The highest BCUT2D eigenvalue weighted by molar-refractivity contribution is 6.05. The van der Waals surface area contributed by atoms with Gasteiger partial charge >= 0.3 is 5.97 Å². The molecule has 1 aromatic heterocycles. The van der Waals surface area contributed by atoms with Crippen molar-refractivity contribution in [2.75, 3.05) is 5.73 Å². The number of hydrogen-bond donors (Lipinski definition) is 2. The number of anilines is 1. The molecule has 0 atom stereocenters. The third kappa shape index (κ3) is 1.74. The van der Waals surface area contributed by atoms with Gasteiger partial charge in [0, 0.05) is 10.9 Å². The van der Waals surface area contributed by atoms with Gasteiger partial charge in [0.15, 0.2) is 0 Å². The highest BCUT2D eigenvalue weighted by Crippen LogP contribution is 2.25. The normalized spacial score (nSPS) is 10.9. The van der Waals surface area contributed by atoms with Crippen LogP contribution in [-0.4, -0.2) is 17.1 Å². The van der Waals surface area contributed by atoms with Crippen LogP contribution >= 0.6 is 0 Å². The Morgan fingerprint density at radius 2 is 2.06 bits per heavy atom. The number of ether oxygens (including phenoxy) is 1. The number of nitrogens with one attached hydrogen (secondary N) is 1. The van der Waals surface area contributed by atoms with Gasteiger partial charge in [-0.15, -0.1) is 0 Å². The van der Waals surface area contributed by atoms with E-state index < -0.39 is 5.97 Å². The van der Waals surface area contributed by atoms with Crippen LogP contribution in [0.1, 0.15) is 24.3 Å². The maximum absolute atomic E-state index is 11.7. The lowest BCUT2D eigenvalue weighted by Crippen LogP contribution is -2.13. The summed E-state index contributed by atoms with van der Waals surface area (Å²) in [4.78, 5) is 14.7. The third-order valence-electron chi connectivity index (χ3n) is 2.29. The Morgan fingerprint density at radius 3 is 2.69 bits per heavy atom. The minimum atomic E-state index is -0.413. The Hall–Kier alpha value is -1.97. The van der Waals surface area contributed by atoms with E-state index in [4.69, 9.17) is 10.5 Å². The van der Waals surface area contributed by atoms with Crippen LogP contribution in [-0.2, 0) is 4.74 Å². The van der Waals surface area contributed by atoms with E-state index in [2.05, 4.69) is 4.98 Å². The summed E-state index contributed by atoms with van der Waals surface area (Å²) < 4.78 is 5.10. The number of H-pyrrole nitrogens is 1. The Morgan fingerprint density at radius 1 is 1.38 bits per heavy atom. The van der Waals surface area contributed by atoms with Crippen LogP contribution in [0.25, 0.3) is 10.9 Å². The van der Waals surface area contributed by atoms with Gasteiger partial charge in [-0.3, -0.25) is 0 Å². The Bertz CT molecular complexity index is 529. The molecule has 0 spiro atoms. The monoisotopic (exact) mass is 218 g/mol. The molecule has 0 saturated carbocycles. The van der Waals surface area contributed by atoms with Gasteiger partial charge in [0.2, 0.25) is 0 Å². The maximum atomic E-state index is 11.7. The number of aromatic amines is 1. The molecule has 1 aromatic carbocycles. The molecule has 16 heavy (non-hydrogen) atoms. The van der Waals surface area contributed by atoms with Crippen molar-refractivity contribution in [2.24, 2.45) is 0 Å². The molecule has 0 aliphatic heterocycles. The van der Waals surface area contributed by atoms with Crippen molar-refractivity contribution in [3.63, 3.8) is 0 Å². The van der Waals surface area contributed by atoms with Crippen molar-refractivity contribution in [1.82, 2.24) is 4.98 Å². The first-order chi connectivity index (χ1) is 7.59. The zero-order valence-electron chi connectivity index (χ0n) is 9.28. The summed E-state index contributed by atoms with van der Waals surface area (Å²) in [5.41, 5.74) is 7.50. The number of carbonyl (C=O) groups is 1. The first kappa shape index (κ1) is 10.5. The molecule has 4 nitrogen and oxygen atoms in total. The van der Waals surface area contributed by atoms with Gasteiger partial charge in [0.1, 0.15) is 5.69 Å². The van der Waals surface area contributed by atoms with Crippen molar-refractivity contribution in [3.8, 4) is 0 Å². The molecule has 0 aliphatic carbocycles. The van der Waals surface area contributed by atoms with Crippen molar-refractivity contribution >= 4 is 22.6 Å². The Balaban J connectivity index is 2.45. The first-order valence-electron chi connectivity index (χ1n) is 5.16. The predicted octanol–water partition coefficient (Wildman–Crippen LogP) is 2.32. The van der Waals surface area contributed by atoms with Gasteiger partial charge in [-0.2, -0.15) is 0 Å². The van der Waals surface area contributed by atoms with E-state index in [-0.39, 0.29) is 6.10 Å². The number of nitrogens with two attached hydrogens (primary N) is 1.